The van der Waals surface area contributed by atoms with Gasteiger partial charge in [0.25, 0.3) is 0 Å². The van der Waals surface area contributed by atoms with Crippen molar-refractivity contribution in [2.75, 3.05) is 0 Å². The van der Waals surface area contributed by atoms with E-state index in [0.29, 0.717) is 0 Å². The molecule has 3 nitrogen and oxygen atoms in total. The Kier molecular flexibility index (Phi) is 2.29. The summed E-state index contributed by atoms with van der Waals surface area (Å²) in [5, 5.41) is 7.76. The Bertz CT molecular complexity index is 73.3. The zero-order valence-corrected chi connectivity index (χ0v) is 3.60. The molecule has 0 heterocycles. The van der Waals surface area contributed by atoms with E-state index in [4.69, 9.17) is 5.11 Å². The summed E-state index contributed by atoms with van der Waals surface area (Å²) in [5.41, 5.74) is 4.45. The van der Waals surface area contributed by atoms with Crippen molar-refractivity contribution in [2.24, 2.45) is 5.73 Å². The maximum absolute atomic E-state index is 11.3. The highest BCUT2D eigenvalue weighted by molar-refractivity contribution is 5.67. The molecule has 0 amide bonds. The van der Waals surface area contributed by atoms with Crippen molar-refractivity contribution < 1.29 is 14.3 Å². The molecule has 0 aliphatic rings. The molecule has 0 rings (SSSR count). The first-order valence-electron chi connectivity index (χ1n) is 1.74. The van der Waals surface area contributed by atoms with E-state index < -0.39 is 18.7 Å². The van der Waals surface area contributed by atoms with Gasteiger partial charge in [-0.1, -0.05) is 0 Å². The van der Waals surface area contributed by atoms with Crippen LogP contribution < -0.4 is 5.73 Å². The van der Waals surface area contributed by atoms with Gasteiger partial charge in [0.2, 0.25) is 0 Å². The van der Waals surface area contributed by atoms with Crippen LogP contribution in [0.3, 0.4) is 0 Å². The van der Waals surface area contributed by atoms with Crippen LogP contribution in [0.2, 0.25) is 0 Å². The fraction of sp³-hybridized carbons (Fsp3) is 0.667. The van der Waals surface area contributed by atoms with Gasteiger partial charge in [-0.25, -0.2) is 4.39 Å². The summed E-state index contributed by atoms with van der Waals surface area (Å²) >= 11 is 0. The number of nitrogens with two attached hydrogens (primary N) is 1. The zero-order valence-electron chi connectivity index (χ0n) is 3.60. The molecule has 0 spiro atoms. The second kappa shape index (κ2) is 2.52. The molecule has 1 unspecified atom stereocenters. The van der Waals surface area contributed by atoms with Crippen molar-refractivity contribution in [1.29, 1.82) is 0 Å². The van der Waals surface area contributed by atoms with Gasteiger partial charge in [0.15, 0.2) is 6.30 Å². The van der Waals surface area contributed by atoms with Crippen LogP contribution in [0.5, 0.6) is 0 Å². The smallest absolute Gasteiger partial charge is 0.307 e. The lowest BCUT2D eigenvalue weighted by atomic mass is 10.4. The minimum absolute atomic E-state index is 0.611. The van der Waals surface area contributed by atoms with Gasteiger partial charge >= 0.3 is 5.97 Å². The van der Waals surface area contributed by atoms with Crippen molar-refractivity contribution in [1.82, 2.24) is 0 Å². The predicted octanol–water partition coefficient (Wildman–Crippen LogP) is -0.285. The van der Waals surface area contributed by atoms with E-state index in [1.54, 1.807) is 0 Å². The number of alkyl halides is 1. The second-order valence-electron chi connectivity index (χ2n) is 1.11. The van der Waals surface area contributed by atoms with Crippen LogP contribution in [-0.2, 0) is 4.79 Å². The second-order valence-corrected chi connectivity index (χ2v) is 1.11. The average molecular weight is 107 g/mol. The van der Waals surface area contributed by atoms with Gasteiger partial charge < -0.3 is 10.8 Å². The summed E-state index contributed by atoms with van der Waals surface area (Å²) in [4.78, 5) is 9.49. The number of hydrogen-bond acceptors (Lipinski definition) is 2. The maximum atomic E-state index is 11.3. The fourth-order valence-electron chi connectivity index (χ4n) is 0.167. The van der Waals surface area contributed by atoms with Crippen LogP contribution in [0.15, 0.2) is 0 Å². The van der Waals surface area contributed by atoms with Gasteiger partial charge in [-0.2, -0.15) is 0 Å². The van der Waals surface area contributed by atoms with Gasteiger partial charge in [0, 0.05) is 0 Å². The fourth-order valence-corrected chi connectivity index (χ4v) is 0.167. The molecule has 0 bridgehead atoms. The Balaban J connectivity index is 3.13. The number of hydrogen-bond donors (Lipinski definition) is 2. The van der Waals surface area contributed by atoms with Crippen LogP contribution in [0.4, 0.5) is 4.39 Å². The lowest BCUT2D eigenvalue weighted by Crippen LogP contribution is -2.17. The van der Waals surface area contributed by atoms with Crippen LogP contribution in [0.25, 0.3) is 0 Å². The molecule has 7 heavy (non-hydrogen) atoms. The van der Waals surface area contributed by atoms with E-state index in [-0.39, 0.29) is 0 Å². The molecule has 0 aromatic rings. The summed E-state index contributed by atoms with van der Waals surface area (Å²) in [6.45, 7) is 0. The van der Waals surface area contributed by atoms with Gasteiger partial charge in [-0.05, 0) is 0 Å². The lowest BCUT2D eigenvalue weighted by molar-refractivity contribution is -0.138. The summed E-state index contributed by atoms with van der Waals surface area (Å²) in [7, 11) is 0. The first-order valence-corrected chi connectivity index (χ1v) is 1.74. The predicted molar refractivity (Wildman–Crippen MR) is 21.3 cm³/mol. The van der Waals surface area contributed by atoms with Crippen molar-refractivity contribution in [3.05, 3.63) is 0 Å². The number of rotatable bonds is 2. The Labute approximate surface area is 39.9 Å². The van der Waals surface area contributed by atoms with Gasteiger partial charge in [-0.15, -0.1) is 0 Å². The topological polar surface area (TPSA) is 63.3 Å². The van der Waals surface area contributed by atoms with Crippen LogP contribution in [0.1, 0.15) is 6.42 Å². The minimum atomic E-state index is -1.72. The molecule has 0 aliphatic carbocycles. The number of halogens is 1. The first-order chi connectivity index (χ1) is 3.13. The van der Waals surface area contributed by atoms with Crippen molar-refractivity contribution in [2.45, 2.75) is 12.7 Å². The molecule has 0 saturated carbocycles. The highest BCUT2D eigenvalue weighted by Crippen LogP contribution is 1.85. The standard InChI is InChI=1S/C3H6FNO2/c4-2(5)1-3(6)7/h2H,1,5H2,(H,6,7). The van der Waals surface area contributed by atoms with E-state index in [9.17, 15) is 9.18 Å². The third-order valence-electron chi connectivity index (χ3n) is 0.370. The van der Waals surface area contributed by atoms with Crippen molar-refractivity contribution in [3.63, 3.8) is 0 Å². The molecule has 1 atom stereocenters. The average Bonchev–Trinajstić information content (AvgIpc) is 1.27. The van der Waals surface area contributed by atoms with E-state index >= 15 is 0 Å². The van der Waals surface area contributed by atoms with E-state index in [0.717, 1.165) is 0 Å². The maximum Gasteiger partial charge on any atom is 0.307 e. The summed E-state index contributed by atoms with van der Waals surface area (Å²) in [6, 6.07) is 0. The lowest BCUT2D eigenvalue weighted by Gasteiger charge is -1.91. The van der Waals surface area contributed by atoms with Gasteiger partial charge in [0.1, 0.15) is 0 Å². The Morgan fingerprint density at radius 3 is 2.43 bits per heavy atom. The van der Waals surface area contributed by atoms with Crippen molar-refractivity contribution in [3.8, 4) is 0 Å². The van der Waals surface area contributed by atoms with Crippen LogP contribution in [0, 0.1) is 0 Å². The van der Waals surface area contributed by atoms with Crippen LogP contribution >= 0.6 is 0 Å². The van der Waals surface area contributed by atoms with Gasteiger partial charge in [0.05, 0.1) is 6.42 Å². The Morgan fingerprint density at radius 2 is 2.43 bits per heavy atom. The number of aliphatic carboxylic acids is 1. The molecular formula is C3H6FNO2. The first kappa shape index (κ1) is 6.36. The quantitative estimate of drug-likeness (QED) is 0.477. The molecule has 0 aromatic carbocycles. The molecule has 0 fully saturated rings. The Morgan fingerprint density at radius 1 is 2.00 bits per heavy atom. The minimum Gasteiger partial charge on any atom is -0.481 e. The number of carbonyl (C=O) groups is 1. The third-order valence-corrected chi connectivity index (χ3v) is 0.370. The largest absolute Gasteiger partial charge is 0.481 e. The van der Waals surface area contributed by atoms with Gasteiger partial charge in [-0.3, -0.25) is 4.79 Å². The van der Waals surface area contributed by atoms with E-state index in [1.165, 1.54) is 0 Å². The SMILES string of the molecule is NC(F)CC(=O)O. The van der Waals surface area contributed by atoms with Crippen LogP contribution in [-0.4, -0.2) is 17.4 Å². The highest BCUT2D eigenvalue weighted by atomic mass is 19.1. The monoisotopic (exact) mass is 107 g/mol. The molecular weight excluding hydrogens is 101 g/mol. The van der Waals surface area contributed by atoms with E-state index in [1.807, 2.05) is 0 Å². The number of carboxylic acid groups (broad SMARTS) is 1. The molecule has 0 saturated heterocycles. The molecule has 3 N–H and O–H groups in total. The normalized spacial score (nSPS) is 13.4. The molecule has 0 radical (unpaired) electrons. The zero-order chi connectivity index (χ0) is 5.86. The summed E-state index contributed by atoms with van der Waals surface area (Å²) in [6.07, 6.45) is -2.34. The van der Waals surface area contributed by atoms with E-state index in [2.05, 4.69) is 5.73 Å². The molecule has 4 heteroatoms. The highest BCUT2D eigenvalue weighted by Gasteiger charge is 2.02. The molecule has 0 aliphatic heterocycles. The summed E-state index contributed by atoms with van der Waals surface area (Å²) in [5.74, 6) is -1.21. The third kappa shape index (κ3) is 5.36. The Hall–Kier alpha value is -0.640. The molecule has 42 valence electrons. The number of carboxylic acids is 1. The van der Waals surface area contributed by atoms with Crippen molar-refractivity contribution >= 4 is 5.97 Å². The summed E-state index contributed by atoms with van der Waals surface area (Å²) < 4.78 is 11.3. The molecule has 0 aromatic heterocycles.